The summed E-state index contributed by atoms with van der Waals surface area (Å²) in [6, 6.07) is 4.15. The van der Waals surface area contributed by atoms with Crippen molar-refractivity contribution in [3.63, 3.8) is 0 Å². The molecular weight excluding hydrogens is 330 g/mol. The molecule has 1 aromatic rings. The zero-order valence-corrected chi connectivity index (χ0v) is 14.5. The fourth-order valence-corrected chi connectivity index (χ4v) is 2.47. The number of nitriles is 1. The van der Waals surface area contributed by atoms with Gasteiger partial charge in [-0.15, -0.1) is 11.3 Å². The number of ketones is 1. The molecule has 0 aromatic carbocycles. The first-order valence-electron chi connectivity index (χ1n) is 7.26. The summed E-state index contributed by atoms with van der Waals surface area (Å²) in [5, 5.41) is 20.5. The molecule has 0 bridgehead atoms. The summed E-state index contributed by atoms with van der Waals surface area (Å²) < 4.78 is 4.93. The third kappa shape index (κ3) is 5.28. The van der Waals surface area contributed by atoms with Crippen LogP contribution in [0.5, 0.6) is 0 Å². The number of nitrogens with zero attached hydrogens (tertiary/aromatic N) is 1. The molecule has 8 heteroatoms. The van der Waals surface area contributed by atoms with Gasteiger partial charge in [0.05, 0.1) is 10.9 Å². The van der Waals surface area contributed by atoms with E-state index < -0.39 is 36.2 Å². The Morgan fingerprint density at radius 1 is 1.42 bits per heavy atom. The number of Topliss-reactive ketones (excluding diaryl/α,β-unsaturated/α-hetero) is 1. The maximum absolute atomic E-state index is 12.2. The Kier molecular flexibility index (Phi) is 7.27. The number of amides is 1. The van der Waals surface area contributed by atoms with Crippen LogP contribution in [0.1, 0.15) is 30.4 Å². The van der Waals surface area contributed by atoms with Crippen molar-refractivity contribution in [3.8, 4) is 6.07 Å². The quantitative estimate of drug-likeness (QED) is 0.547. The minimum Gasteiger partial charge on any atom is -0.456 e. The second-order valence-corrected chi connectivity index (χ2v) is 6.44. The summed E-state index contributed by atoms with van der Waals surface area (Å²) in [6.45, 7) is 4.21. The first-order chi connectivity index (χ1) is 11.3. The van der Waals surface area contributed by atoms with Crippen LogP contribution in [0.25, 0.3) is 0 Å². The number of esters is 1. The second-order valence-electron chi connectivity index (χ2n) is 5.49. The Balaban J connectivity index is 2.67. The first kappa shape index (κ1) is 19.5. The Labute approximate surface area is 144 Å². The van der Waals surface area contributed by atoms with E-state index in [1.807, 2.05) is 0 Å². The van der Waals surface area contributed by atoms with Gasteiger partial charge in [0.1, 0.15) is 12.0 Å². The van der Waals surface area contributed by atoms with Crippen molar-refractivity contribution in [2.75, 3.05) is 6.61 Å². The second kappa shape index (κ2) is 8.93. The monoisotopic (exact) mass is 349 g/mol. The predicted octanol–water partition coefficient (Wildman–Crippen LogP) is 1.79. The Bertz CT molecular complexity index is 661. The molecule has 0 aliphatic carbocycles. The molecule has 128 valence electrons. The van der Waals surface area contributed by atoms with Gasteiger partial charge in [0, 0.05) is 5.71 Å². The van der Waals surface area contributed by atoms with Gasteiger partial charge in [-0.2, -0.15) is 5.26 Å². The summed E-state index contributed by atoms with van der Waals surface area (Å²) in [5.74, 6) is -3.27. The van der Waals surface area contributed by atoms with E-state index in [1.165, 1.54) is 18.3 Å². The number of carbonyl (C=O) groups excluding carboxylic acids is 3. The van der Waals surface area contributed by atoms with Gasteiger partial charge in [0.15, 0.2) is 12.4 Å². The van der Waals surface area contributed by atoms with Gasteiger partial charge >= 0.3 is 5.97 Å². The Hall–Kier alpha value is -2.53. The molecule has 0 fully saturated rings. The minimum atomic E-state index is -1.23. The standard InChI is InChI=1S/C16H19N3O4S/c1-9(2)14(19-15(21)13-5-4-6-24-13)16(22)23-8-12(20)11(7-17)10(3)18/h4-6,9,11,14,18H,8H2,1-3H3,(H,19,21)/t11-,14-/m0/s1. The van der Waals surface area contributed by atoms with Gasteiger partial charge < -0.3 is 15.5 Å². The van der Waals surface area contributed by atoms with Gasteiger partial charge in [0.25, 0.3) is 5.91 Å². The molecule has 0 saturated carbocycles. The van der Waals surface area contributed by atoms with Crippen LogP contribution in [-0.2, 0) is 14.3 Å². The van der Waals surface area contributed by atoms with Gasteiger partial charge in [-0.1, -0.05) is 19.9 Å². The Morgan fingerprint density at radius 3 is 2.54 bits per heavy atom. The molecule has 7 nitrogen and oxygen atoms in total. The van der Waals surface area contributed by atoms with Crippen molar-refractivity contribution in [1.29, 1.82) is 10.7 Å². The molecule has 24 heavy (non-hydrogen) atoms. The number of hydrogen-bond donors (Lipinski definition) is 2. The lowest BCUT2D eigenvalue weighted by molar-refractivity contribution is -0.151. The van der Waals surface area contributed by atoms with E-state index in [0.717, 1.165) is 0 Å². The first-order valence-corrected chi connectivity index (χ1v) is 8.14. The van der Waals surface area contributed by atoms with E-state index in [0.29, 0.717) is 4.88 Å². The number of nitrogens with one attached hydrogen (secondary N) is 2. The highest BCUT2D eigenvalue weighted by molar-refractivity contribution is 7.12. The fraction of sp³-hybridized carbons (Fsp3) is 0.438. The van der Waals surface area contributed by atoms with E-state index in [4.69, 9.17) is 15.4 Å². The molecule has 2 N–H and O–H groups in total. The lowest BCUT2D eigenvalue weighted by Crippen LogP contribution is -2.45. The molecule has 1 aromatic heterocycles. The molecule has 0 aliphatic rings. The van der Waals surface area contributed by atoms with Crippen LogP contribution < -0.4 is 5.32 Å². The van der Waals surface area contributed by atoms with Crippen molar-refractivity contribution in [1.82, 2.24) is 5.32 Å². The number of carbonyl (C=O) groups is 3. The summed E-state index contributed by atoms with van der Waals surface area (Å²) in [7, 11) is 0. The topological polar surface area (TPSA) is 120 Å². The molecule has 2 atom stereocenters. The lowest BCUT2D eigenvalue weighted by atomic mass is 10.0. The number of thiophene rings is 1. The summed E-state index contributed by atoms with van der Waals surface area (Å²) in [4.78, 5) is 36.5. The normalized spacial score (nSPS) is 12.8. The van der Waals surface area contributed by atoms with Gasteiger partial charge in [-0.25, -0.2) is 4.79 Å². The number of ether oxygens (including phenoxy) is 1. The highest BCUT2D eigenvalue weighted by Gasteiger charge is 2.28. The van der Waals surface area contributed by atoms with Crippen LogP contribution in [0, 0.1) is 28.6 Å². The van der Waals surface area contributed by atoms with Gasteiger partial charge in [-0.3, -0.25) is 9.59 Å². The van der Waals surface area contributed by atoms with Crippen LogP contribution in [0.2, 0.25) is 0 Å². The van der Waals surface area contributed by atoms with E-state index in [9.17, 15) is 14.4 Å². The summed E-state index contributed by atoms with van der Waals surface area (Å²) >= 11 is 1.25. The maximum Gasteiger partial charge on any atom is 0.329 e. The van der Waals surface area contributed by atoms with E-state index in [2.05, 4.69) is 5.32 Å². The van der Waals surface area contributed by atoms with Gasteiger partial charge in [0.2, 0.25) is 0 Å². The van der Waals surface area contributed by atoms with Crippen molar-refractivity contribution in [3.05, 3.63) is 22.4 Å². The van der Waals surface area contributed by atoms with Crippen LogP contribution in [0.4, 0.5) is 0 Å². The number of rotatable bonds is 8. The number of hydrogen-bond acceptors (Lipinski definition) is 7. The van der Waals surface area contributed by atoms with Gasteiger partial charge in [-0.05, 0) is 24.3 Å². The lowest BCUT2D eigenvalue weighted by Gasteiger charge is -2.20. The van der Waals surface area contributed by atoms with Crippen molar-refractivity contribution < 1.29 is 19.1 Å². The average Bonchev–Trinajstić information content (AvgIpc) is 3.04. The minimum absolute atomic E-state index is 0.107. The third-order valence-corrected chi connectivity index (χ3v) is 4.06. The highest BCUT2D eigenvalue weighted by atomic mass is 32.1. The summed E-state index contributed by atoms with van der Waals surface area (Å²) in [6.07, 6.45) is 0. The fourth-order valence-electron chi connectivity index (χ4n) is 1.84. The average molecular weight is 349 g/mol. The third-order valence-electron chi connectivity index (χ3n) is 3.19. The summed E-state index contributed by atoms with van der Waals surface area (Å²) in [5.41, 5.74) is -0.107. The predicted molar refractivity (Wildman–Crippen MR) is 88.9 cm³/mol. The molecule has 1 amide bonds. The van der Waals surface area contributed by atoms with E-state index >= 15 is 0 Å². The molecular formula is C16H19N3O4S. The smallest absolute Gasteiger partial charge is 0.329 e. The zero-order chi connectivity index (χ0) is 18.3. The van der Waals surface area contributed by atoms with Crippen molar-refractivity contribution >= 4 is 34.7 Å². The largest absolute Gasteiger partial charge is 0.456 e. The van der Waals surface area contributed by atoms with Crippen LogP contribution >= 0.6 is 11.3 Å². The van der Waals surface area contributed by atoms with Crippen molar-refractivity contribution in [2.24, 2.45) is 11.8 Å². The molecule has 0 unspecified atom stereocenters. The maximum atomic E-state index is 12.2. The SMILES string of the molecule is CC(=N)[C@H](C#N)C(=O)COC(=O)[C@@H](NC(=O)c1cccs1)C(C)C. The molecule has 0 aliphatic heterocycles. The zero-order valence-electron chi connectivity index (χ0n) is 13.7. The Morgan fingerprint density at radius 2 is 2.08 bits per heavy atom. The van der Waals surface area contributed by atoms with Crippen LogP contribution in [0.15, 0.2) is 17.5 Å². The van der Waals surface area contributed by atoms with E-state index in [-0.39, 0.29) is 11.6 Å². The van der Waals surface area contributed by atoms with Crippen molar-refractivity contribution in [2.45, 2.75) is 26.8 Å². The van der Waals surface area contributed by atoms with Crippen LogP contribution in [-0.4, -0.2) is 36.0 Å². The highest BCUT2D eigenvalue weighted by Crippen LogP contribution is 2.11. The van der Waals surface area contributed by atoms with Crippen LogP contribution in [0.3, 0.4) is 0 Å². The molecule has 1 rings (SSSR count). The molecule has 0 saturated heterocycles. The van der Waals surface area contributed by atoms with E-state index in [1.54, 1.807) is 37.4 Å². The molecule has 0 radical (unpaired) electrons. The molecule has 0 spiro atoms. The molecule has 1 heterocycles.